The van der Waals surface area contributed by atoms with Crippen molar-refractivity contribution < 1.29 is 10.0 Å². The van der Waals surface area contributed by atoms with Crippen LogP contribution in [0.5, 0.6) is 0 Å². The first-order valence-corrected chi connectivity index (χ1v) is 9.02. The van der Waals surface area contributed by atoms with E-state index < -0.39 is 4.92 Å². The van der Waals surface area contributed by atoms with E-state index in [9.17, 15) is 10.1 Å². The summed E-state index contributed by atoms with van der Waals surface area (Å²) in [6, 6.07) is 7.24. The molecule has 1 aromatic heterocycles. The van der Waals surface area contributed by atoms with E-state index in [1.807, 2.05) is 17.0 Å². The number of halogens is 1. The number of benzene rings is 1. The van der Waals surface area contributed by atoms with Gasteiger partial charge < -0.3 is 15.3 Å². The van der Waals surface area contributed by atoms with Gasteiger partial charge in [-0.3, -0.25) is 15.0 Å². The zero-order valence-corrected chi connectivity index (χ0v) is 15.5. The summed E-state index contributed by atoms with van der Waals surface area (Å²) in [6.45, 7) is 3.74. The SMILES string of the molecule is O=[N+]([O-])c1c(NCc2ccc(Cl)cc2)ncnc1N1CCN(CCO)CC1. The summed E-state index contributed by atoms with van der Waals surface area (Å²) >= 11 is 5.88. The van der Waals surface area contributed by atoms with Gasteiger partial charge in [-0.2, -0.15) is 0 Å². The molecule has 0 amide bonds. The maximum absolute atomic E-state index is 11.7. The summed E-state index contributed by atoms with van der Waals surface area (Å²) in [6.07, 6.45) is 1.34. The van der Waals surface area contributed by atoms with Crippen molar-refractivity contribution in [3.05, 3.63) is 51.3 Å². The van der Waals surface area contributed by atoms with Gasteiger partial charge in [-0.1, -0.05) is 23.7 Å². The van der Waals surface area contributed by atoms with Gasteiger partial charge in [-0.05, 0) is 17.7 Å². The summed E-state index contributed by atoms with van der Waals surface area (Å²) < 4.78 is 0. The molecule has 1 saturated heterocycles. The number of aliphatic hydroxyl groups is 1. The standard InChI is InChI=1S/C17H21ClN6O3/c18-14-3-1-13(2-4-14)11-19-16-15(24(26)27)17(21-12-20-16)23-7-5-22(6-8-23)9-10-25/h1-4,12,25H,5-11H2,(H,19,20,21). The highest BCUT2D eigenvalue weighted by Gasteiger charge is 2.29. The van der Waals surface area contributed by atoms with Crippen molar-refractivity contribution in [3.8, 4) is 0 Å². The van der Waals surface area contributed by atoms with Gasteiger partial charge in [-0.15, -0.1) is 0 Å². The summed E-state index contributed by atoms with van der Waals surface area (Å²) in [5, 5.41) is 24.4. The number of hydrogen-bond acceptors (Lipinski definition) is 8. The molecule has 0 spiro atoms. The first-order chi connectivity index (χ1) is 13.1. The molecule has 1 aromatic carbocycles. The molecule has 0 saturated carbocycles. The van der Waals surface area contributed by atoms with E-state index in [1.165, 1.54) is 6.33 Å². The fourth-order valence-corrected chi connectivity index (χ4v) is 3.14. The van der Waals surface area contributed by atoms with E-state index >= 15 is 0 Å². The van der Waals surface area contributed by atoms with Gasteiger partial charge in [-0.25, -0.2) is 9.97 Å². The Bertz CT molecular complexity index is 781. The average molecular weight is 393 g/mol. The van der Waals surface area contributed by atoms with Gasteiger partial charge in [0.1, 0.15) is 6.33 Å². The van der Waals surface area contributed by atoms with Crippen LogP contribution in [0.4, 0.5) is 17.3 Å². The molecule has 2 N–H and O–H groups in total. The molecule has 0 unspecified atom stereocenters. The van der Waals surface area contributed by atoms with Gasteiger partial charge in [0, 0.05) is 44.3 Å². The van der Waals surface area contributed by atoms with Crippen LogP contribution in [0, 0.1) is 10.1 Å². The van der Waals surface area contributed by atoms with Crippen LogP contribution < -0.4 is 10.2 Å². The zero-order chi connectivity index (χ0) is 19.2. The molecular weight excluding hydrogens is 372 g/mol. The van der Waals surface area contributed by atoms with Crippen molar-refractivity contribution in [2.45, 2.75) is 6.54 Å². The molecule has 2 heterocycles. The second kappa shape index (κ2) is 8.94. The maximum Gasteiger partial charge on any atom is 0.353 e. The molecule has 0 aliphatic carbocycles. The van der Waals surface area contributed by atoms with Gasteiger partial charge >= 0.3 is 5.69 Å². The third-order valence-electron chi connectivity index (χ3n) is 4.45. The Morgan fingerprint density at radius 3 is 2.52 bits per heavy atom. The van der Waals surface area contributed by atoms with Crippen molar-refractivity contribution in [2.75, 3.05) is 49.5 Å². The van der Waals surface area contributed by atoms with E-state index in [1.54, 1.807) is 12.1 Å². The van der Waals surface area contributed by atoms with Crippen molar-refractivity contribution in [1.29, 1.82) is 0 Å². The van der Waals surface area contributed by atoms with Crippen LogP contribution >= 0.6 is 11.6 Å². The van der Waals surface area contributed by atoms with Crippen LogP contribution in [-0.4, -0.2) is 64.2 Å². The van der Waals surface area contributed by atoms with Crippen LogP contribution in [-0.2, 0) is 6.54 Å². The number of anilines is 2. The topological polar surface area (TPSA) is 108 Å². The Balaban J connectivity index is 1.76. The van der Waals surface area contributed by atoms with Crippen molar-refractivity contribution >= 4 is 28.9 Å². The lowest BCUT2D eigenvalue weighted by Crippen LogP contribution is -2.47. The minimum atomic E-state index is -0.445. The van der Waals surface area contributed by atoms with Crippen LogP contribution in [0.3, 0.4) is 0 Å². The first-order valence-electron chi connectivity index (χ1n) is 8.64. The Morgan fingerprint density at radius 1 is 1.19 bits per heavy atom. The summed E-state index contributed by atoms with van der Waals surface area (Å²) in [5.41, 5.74) is 0.813. The lowest BCUT2D eigenvalue weighted by molar-refractivity contribution is -0.383. The van der Waals surface area contributed by atoms with Crippen molar-refractivity contribution in [3.63, 3.8) is 0 Å². The molecule has 144 valence electrons. The second-order valence-electron chi connectivity index (χ2n) is 6.18. The predicted molar refractivity (Wildman–Crippen MR) is 103 cm³/mol. The van der Waals surface area contributed by atoms with E-state index in [2.05, 4.69) is 20.2 Å². The molecule has 0 bridgehead atoms. The lowest BCUT2D eigenvalue weighted by atomic mass is 10.2. The number of rotatable bonds is 7. The normalized spacial score (nSPS) is 15.0. The molecule has 1 fully saturated rings. The quantitative estimate of drug-likeness (QED) is 0.542. The third kappa shape index (κ3) is 4.82. The van der Waals surface area contributed by atoms with Gasteiger partial charge in [0.2, 0.25) is 11.6 Å². The number of hydrogen-bond donors (Lipinski definition) is 2. The number of nitro groups is 1. The molecule has 3 rings (SSSR count). The predicted octanol–water partition coefficient (Wildman–Crippen LogP) is 1.76. The van der Waals surface area contributed by atoms with E-state index in [0.717, 1.165) is 18.7 Å². The summed E-state index contributed by atoms with van der Waals surface area (Å²) in [4.78, 5) is 23.5. The number of piperazine rings is 1. The molecule has 0 radical (unpaired) electrons. The summed E-state index contributed by atoms with van der Waals surface area (Å²) in [7, 11) is 0. The van der Waals surface area contributed by atoms with Crippen molar-refractivity contribution in [2.24, 2.45) is 0 Å². The summed E-state index contributed by atoms with van der Waals surface area (Å²) in [5.74, 6) is 0.509. The van der Waals surface area contributed by atoms with Crippen LogP contribution in [0.1, 0.15) is 5.56 Å². The monoisotopic (exact) mass is 392 g/mol. The Kier molecular flexibility index (Phi) is 6.38. The number of β-amino-alcohol motifs (C(OH)–C–C–N with tert-alkyl or cyclic N) is 1. The molecule has 1 aliphatic rings. The van der Waals surface area contributed by atoms with Crippen molar-refractivity contribution in [1.82, 2.24) is 14.9 Å². The smallest absolute Gasteiger partial charge is 0.353 e. The number of aromatic nitrogens is 2. The second-order valence-corrected chi connectivity index (χ2v) is 6.62. The Morgan fingerprint density at radius 2 is 1.89 bits per heavy atom. The minimum Gasteiger partial charge on any atom is -0.395 e. The molecule has 0 atom stereocenters. The number of nitrogens with zero attached hydrogens (tertiary/aromatic N) is 5. The third-order valence-corrected chi connectivity index (χ3v) is 4.70. The van der Waals surface area contributed by atoms with Crippen LogP contribution in [0.15, 0.2) is 30.6 Å². The van der Waals surface area contributed by atoms with E-state index in [0.29, 0.717) is 37.0 Å². The Hall–Kier alpha value is -2.49. The average Bonchev–Trinajstić information content (AvgIpc) is 2.68. The fourth-order valence-electron chi connectivity index (χ4n) is 3.01. The molecule has 1 aliphatic heterocycles. The van der Waals surface area contributed by atoms with Gasteiger partial charge in [0.15, 0.2) is 0 Å². The van der Waals surface area contributed by atoms with Gasteiger partial charge in [0.05, 0.1) is 11.5 Å². The Labute approximate surface area is 161 Å². The molecule has 9 nitrogen and oxygen atoms in total. The van der Waals surface area contributed by atoms with E-state index in [4.69, 9.17) is 16.7 Å². The highest BCUT2D eigenvalue weighted by atomic mass is 35.5. The molecule has 2 aromatic rings. The largest absolute Gasteiger partial charge is 0.395 e. The first kappa shape index (κ1) is 19.3. The highest BCUT2D eigenvalue weighted by molar-refractivity contribution is 6.30. The lowest BCUT2D eigenvalue weighted by Gasteiger charge is -2.34. The fraction of sp³-hybridized carbons (Fsp3) is 0.412. The van der Waals surface area contributed by atoms with Crippen LogP contribution in [0.25, 0.3) is 0 Å². The number of aliphatic hydroxyl groups excluding tert-OH is 1. The van der Waals surface area contributed by atoms with Gasteiger partial charge in [0.25, 0.3) is 0 Å². The minimum absolute atomic E-state index is 0.104. The highest BCUT2D eigenvalue weighted by Crippen LogP contribution is 2.32. The van der Waals surface area contributed by atoms with E-state index in [-0.39, 0.29) is 18.1 Å². The molecule has 27 heavy (non-hydrogen) atoms. The molecular formula is C17H21ClN6O3. The van der Waals surface area contributed by atoms with Crippen LogP contribution in [0.2, 0.25) is 5.02 Å². The zero-order valence-electron chi connectivity index (χ0n) is 14.7. The molecule has 10 heteroatoms. The maximum atomic E-state index is 11.7. The number of nitrogens with one attached hydrogen (secondary N) is 1.